The predicted octanol–water partition coefficient (Wildman–Crippen LogP) is 3.21. The molecule has 0 fully saturated rings. The SMILES string of the molecule is Cc1nc(CC(N)c2c(C)oc(C)c2C)cs1. The first-order valence-corrected chi connectivity index (χ1v) is 6.60. The average Bonchev–Trinajstić information content (AvgIpc) is 2.73. The van der Waals surface area contributed by atoms with Crippen LogP contribution in [-0.2, 0) is 6.42 Å². The van der Waals surface area contributed by atoms with Crippen LogP contribution < -0.4 is 5.73 Å². The highest BCUT2D eigenvalue weighted by Gasteiger charge is 2.18. The fourth-order valence-electron chi connectivity index (χ4n) is 2.18. The molecule has 0 saturated carbocycles. The summed E-state index contributed by atoms with van der Waals surface area (Å²) in [5.74, 6) is 1.89. The van der Waals surface area contributed by atoms with Crippen LogP contribution in [-0.4, -0.2) is 4.98 Å². The van der Waals surface area contributed by atoms with E-state index in [2.05, 4.69) is 17.3 Å². The van der Waals surface area contributed by atoms with Gasteiger partial charge >= 0.3 is 0 Å². The number of rotatable bonds is 3. The Bertz CT molecular complexity index is 528. The van der Waals surface area contributed by atoms with Crippen LogP contribution >= 0.6 is 11.3 Å². The van der Waals surface area contributed by atoms with E-state index in [1.54, 1.807) is 11.3 Å². The van der Waals surface area contributed by atoms with E-state index in [0.717, 1.165) is 34.2 Å². The monoisotopic (exact) mass is 250 g/mol. The maximum atomic E-state index is 6.26. The molecule has 0 bridgehead atoms. The normalized spacial score (nSPS) is 13.0. The van der Waals surface area contributed by atoms with Gasteiger partial charge in [-0.15, -0.1) is 11.3 Å². The van der Waals surface area contributed by atoms with Crippen molar-refractivity contribution in [2.24, 2.45) is 5.73 Å². The van der Waals surface area contributed by atoms with E-state index in [-0.39, 0.29) is 6.04 Å². The molecular weight excluding hydrogens is 232 g/mol. The third-order valence-corrected chi connectivity index (χ3v) is 3.91. The number of furan rings is 1. The van der Waals surface area contributed by atoms with Crippen LogP contribution in [0.1, 0.15) is 39.4 Å². The molecule has 2 heterocycles. The summed E-state index contributed by atoms with van der Waals surface area (Å²) in [6, 6.07) is -0.0334. The molecule has 0 amide bonds. The number of thiazole rings is 1. The summed E-state index contributed by atoms with van der Waals surface area (Å²) in [4.78, 5) is 4.45. The van der Waals surface area contributed by atoms with Crippen LogP contribution in [0.25, 0.3) is 0 Å². The molecule has 3 nitrogen and oxygen atoms in total. The third-order valence-electron chi connectivity index (χ3n) is 3.08. The number of nitrogens with two attached hydrogens (primary N) is 1. The number of hydrogen-bond acceptors (Lipinski definition) is 4. The van der Waals surface area contributed by atoms with Crippen LogP contribution in [0.4, 0.5) is 0 Å². The lowest BCUT2D eigenvalue weighted by atomic mass is 9.99. The van der Waals surface area contributed by atoms with Crippen LogP contribution in [0.3, 0.4) is 0 Å². The summed E-state index contributed by atoms with van der Waals surface area (Å²) in [5, 5.41) is 3.16. The molecule has 0 radical (unpaired) electrons. The summed E-state index contributed by atoms with van der Waals surface area (Å²) in [7, 11) is 0. The maximum absolute atomic E-state index is 6.26. The Morgan fingerprint density at radius 2 is 2.00 bits per heavy atom. The first-order chi connectivity index (χ1) is 7.99. The molecule has 92 valence electrons. The molecule has 2 aromatic heterocycles. The Hall–Kier alpha value is -1.13. The standard InChI is InChI=1S/C13H18N2OS/c1-7-8(2)16-9(3)13(7)12(14)5-11-6-17-10(4)15-11/h6,12H,5,14H2,1-4H3. The third kappa shape index (κ3) is 2.42. The maximum Gasteiger partial charge on any atom is 0.106 e. The van der Waals surface area contributed by atoms with Gasteiger partial charge in [0.15, 0.2) is 0 Å². The van der Waals surface area contributed by atoms with Gasteiger partial charge in [0.05, 0.1) is 10.7 Å². The minimum absolute atomic E-state index is 0.0334. The molecule has 0 aliphatic rings. The second-order valence-corrected chi connectivity index (χ2v) is 5.48. The predicted molar refractivity (Wildman–Crippen MR) is 70.4 cm³/mol. The number of hydrogen-bond donors (Lipinski definition) is 1. The number of aromatic nitrogens is 1. The summed E-state index contributed by atoms with van der Waals surface area (Å²) < 4.78 is 5.61. The van der Waals surface area contributed by atoms with E-state index in [1.807, 2.05) is 20.8 Å². The zero-order chi connectivity index (χ0) is 12.6. The van der Waals surface area contributed by atoms with Gasteiger partial charge in [-0.2, -0.15) is 0 Å². The minimum atomic E-state index is -0.0334. The van der Waals surface area contributed by atoms with E-state index < -0.39 is 0 Å². The van der Waals surface area contributed by atoms with Crippen LogP contribution in [0.15, 0.2) is 9.80 Å². The van der Waals surface area contributed by atoms with Crippen molar-refractivity contribution in [3.05, 3.63) is 38.7 Å². The van der Waals surface area contributed by atoms with Gasteiger partial charge in [-0.1, -0.05) is 0 Å². The second-order valence-electron chi connectivity index (χ2n) is 4.42. The van der Waals surface area contributed by atoms with Gasteiger partial charge in [0.25, 0.3) is 0 Å². The van der Waals surface area contributed by atoms with Crippen molar-refractivity contribution >= 4 is 11.3 Å². The van der Waals surface area contributed by atoms with Gasteiger partial charge in [-0.3, -0.25) is 0 Å². The van der Waals surface area contributed by atoms with Crippen LogP contribution in [0, 0.1) is 27.7 Å². The Labute approximate surface area is 106 Å². The molecule has 2 rings (SSSR count). The summed E-state index contributed by atoms with van der Waals surface area (Å²) in [5.41, 5.74) is 9.62. The first kappa shape index (κ1) is 12.3. The Kier molecular flexibility index (Phi) is 3.35. The molecule has 0 aliphatic carbocycles. The molecule has 0 aromatic carbocycles. The highest BCUT2D eigenvalue weighted by atomic mass is 32.1. The summed E-state index contributed by atoms with van der Waals surface area (Å²) in [6.07, 6.45) is 0.769. The van der Waals surface area contributed by atoms with Gasteiger partial charge in [0.1, 0.15) is 11.5 Å². The van der Waals surface area contributed by atoms with Gasteiger partial charge in [0, 0.05) is 23.4 Å². The molecule has 2 aromatic rings. The van der Waals surface area contributed by atoms with Crippen molar-refractivity contribution in [1.29, 1.82) is 0 Å². The van der Waals surface area contributed by atoms with Crippen molar-refractivity contribution in [3.63, 3.8) is 0 Å². The van der Waals surface area contributed by atoms with E-state index in [0.29, 0.717) is 0 Å². The van der Waals surface area contributed by atoms with Crippen molar-refractivity contribution in [2.75, 3.05) is 0 Å². The lowest BCUT2D eigenvalue weighted by Gasteiger charge is -2.10. The molecule has 1 unspecified atom stereocenters. The molecule has 0 saturated heterocycles. The smallest absolute Gasteiger partial charge is 0.106 e. The van der Waals surface area contributed by atoms with Gasteiger partial charge < -0.3 is 10.2 Å². The Morgan fingerprint density at radius 3 is 2.47 bits per heavy atom. The van der Waals surface area contributed by atoms with E-state index in [4.69, 9.17) is 10.2 Å². The minimum Gasteiger partial charge on any atom is -0.466 e. The molecular formula is C13H18N2OS. The first-order valence-electron chi connectivity index (χ1n) is 5.72. The second kappa shape index (κ2) is 4.63. The van der Waals surface area contributed by atoms with Crippen molar-refractivity contribution in [2.45, 2.75) is 40.2 Å². The van der Waals surface area contributed by atoms with E-state index >= 15 is 0 Å². The summed E-state index contributed by atoms with van der Waals surface area (Å²) in [6.45, 7) is 8.03. The van der Waals surface area contributed by atoms with Crippen molar-refractivity contribution in [3.8, 4) is 0 Å². The zero-order valence-corrected chi connectivity index (χ0v) is 11.5. The van der Waals surface area contributed by atoms with E-state index in [9.17, 15) is 0 Å². The summed E-state index contributed by atoms with van der Waals surface area (Å²) >= 11 is 1.67. The number of nitrogens with zero attached hydrogens (tertiary/aromatic N) is 1. The highest BCUT2D eigenvalue weighted by Crippen LogP contribution is 2.28. The fraction of sp³-hybridized carbons (Fsp3) is 0.462. The molecule has 17 heavy (non-hydrogen) atoms. The molecule has 2 N–H and O–H groups in total. The van der Waals surface area contributed by atoms with E-state index in [1.165, 1.54) is 5.56 Å². The van der Waals surface area contributed by atoms with Crippen LogP contribution in [0.2, 0.25) is 0 Å². The Balaban J connectivity index is 2.22. The lowest BCUT2D eigenvalue weighted by molar-refractivity contribution is 0.496. The fourth-order valence-corrected chi connectivity index (χ4v) is 2.81. The van der Waals surface area contributed by atoms with Gasteiger partial charge in [-0.05, 0) is 33.3 Å². The van der Waals surface area contributed by atoms with Crippen molar-refractivity contribution < 1.29 is 4.42 Å². The number of aryl methyl sites for hydroxylation is 3. The molecule has 0 aliphatic heterocycles. The molecule has 1 atom stereocenters. The van der Waals surface area contributed by atoms with Crippen LogP contribution in [0.5, 0.6) is 0 Å². The zero-order valence-electron chi connectivity index (χ0n) is 10.7. The highest BCUT2D eigenvalue weighted by molar-refractivity contribution is 7.09. The average molecular weight is 250 g/mol. The van der Waals surface area contributed by atoms with Gasteiger partial charge in [-0.25, -0.2) is 4.98 Å². The topological polar surface area (TPSA) is 52.0 Å². The van der Waals surface area contributed by atoms with Crippen molar-refractivity contribution in [1.82, 2.24) is 4.98 Å². The molecule has 4 heteroatoms. The van der Waals surface area contributed by atoms with Gasteiger partial charge in [0.2, 0.25) is 0 Å². The quantitative estimate of drug-likeness (QED) is 0.910. The Morgan fingerprint density at radius 1 is 1.29 bits per heavy atom. The molecule has 0 spiro atoms. The lowest BCUT2D eigenvalue weighted by Crippen LogP contribution is -2.15. The largest absolute Gasteiger partial charge is 0.466 e.